The molecule has 0 saturated heterocycles. The van der Waals surface area contributed by atoms with Crippen molar-refractivity contribution in [3.63, 3.8) is 0 Å². The Morgan fingerprint density at radius 1 is 1.41 bits per heavy atom. The van der Waals surface area contributed by atoms with Gasteiger partial charge in [0, 0.05) is 25.1 Å². The van der Waals surface area contributed by atoms with E-state index in [1.54, 1.807) is 0 Å². The zero-order valence-electron chi connectivity index (χ0n) is 10.1. The Kier molecular flexibility index (Phi) is 5.69. The Bertz CT molecular complexity index is 384. The normalized spacial score (nSPS) is 10.1. The number of nitrogens with one attached hydrogen (secondary N) is 2. The fraction of sp³-hybridized carbons (Fsp3) is 0.545. The molecule has 2 N–H and O–H groups in total. The van der Waals surface area contributed by atoms with Crippen LogP contribution in [0.5, 0.6) is 0 Å². The van der Waals surface area contributed by atoms with Crippen molar-refractivity contribution in [1.82, 2.24) is 15.3 Å². The molecule has 1 rings (SSSR count). The van der Waals surface area contributed by atoms with Gasteiger partial charge in [-0.25, -0.2) is 9.97 Å². The highest BCUT2D eigenvalue weighted by Gasteiger charge is 2.07. The number of nitrogens with zero attached hydrogens (tertiary/aromatic N) is 2. The monoisotopic (exact) mass is 256 g/mol. The maximum Gasteiger partial charge on any atom is 0.221 e. The lowest BCUT2D eigenvalue weighted by Crippen LogP contribution is -2.25. The lowest BCUT2D eigenvalue weighted by Gasteiger charge is -2.10. The second-order valence-corrected chi connectivity index (χ2v) is 3.83. The first-order valence-electron chi connectivity index (χ1n) is 5.69. The standard InChI is InChI=1S/C11H17ClN4O/c1-3-8-10(12)15-7-16-11(8)14-6-5-9(17)13-4-2/h7H,3-6H2,1-2H3,(H,13,17)(H,14,15,16). The third kappa shape index (κ3) is 4.19. The Morgan fingerprint density at radius 2 is 2.18 bits per heavy atom. The topological polar surface area (TPSA) is 66.9 Å². The molecule has 1 amide bonds. The number of aromatic nitrogens is 2. The molecule has 5 nitrogen and oxygen atoms in total. The number of carbonyl (C=O) groups excluding carboxylic acids is 1. The smallest absolute Gasteiger partial charge is 0.221 e. The maximum atomic E-state index is 11.2. The fourth-order valence-corrected chi connectivity index (χ4v) is 1.70. The molecular formula is C11H17ClN4O. The van der Waals surface area contributed by atoms with Crippen molar-refractivity contribution in [1.29, 1.82) is 0 Å². The number of halogens is 1. The van der Waals surface area contributed by atoms with E-state index in [9.17, 15) is 4.79 Å². The molecule has 0 unspecified atom stereocenters. The zero-order chi connectivity index (χ0) is 12.7. The molecule has 0 aromatic carbocycles. The summed E-state index contributed by atoms with van der Waals surface area (Å²) in [6, 6.07) is 0. The second kappa shape index (κ2) is 7.06. The molecule has 0 bridgehead atoms. The molecule has 1 aromatic rings. The SMILES string of the molecule is CCNC(=O)CCNc1ncnc(Cl)c1CC. The highest BCUT2D eigenvalue weighted by molar-refractivity contribution is 6.30. The van der Waals surface area contributed by atoms with Crippen molar-refractivity contribution < 1.29 is 4.79 Å². The van der Waals surface area contributed by atoms with E-state index in [2.05, 4.69) is 20.6 Å². The first kappa shape index (κ1) is 13.7. The van der Waals surface area contributed by atoms with E-state index in [0.717, 1.165) is 12.0 Å². The first-order chi connectivity index (χ1) is 8.19. The quantitative estimate of drug-likeness (QED) is 0.760. The van der Waals surface area contributed by atoms with Crippen molar-refractivity contribution in [2.24, 2.45) is 0 Å². The lowest BCUT2D eigenvalue weighted by atomic mass is 10.2. The number of hydrogen-bond acceptors (Lipinski definition) is 4. The number of anilines is 1. The van der Waals surface area contributed by atoms with E-state index in [1.807, 2.05) is 13.8 Å². The van der Waals surface area contributed by atoms with Crippen LogP contribution in [0, 0.1) is 0 Å². The largest absolute Gasteiger partial charge is 0.369 e. The summed E-state index contributed by atoms with van der Waals surface area (Å²) in [6.07, 6.45) is 2.58. The molecule has 0 saturated carbocycles. The van der Waals surface area contributed by atoms with Crippen LogP contribution in [0.4, 0.5) is 5.82 Å². The van der Waals surface area contributed by atoms with Gasteiger partial charge in [0.25, 0.3) is 0 Å². The molecule has 0 aliphatic heterocycles. The van der Waals surface area contributed by atoms with Crippen LogP contribution in [0.3, 0.4) is 0 Å². The minimum Gasteiger partial charge on any atom is -0.369 e. The number of hydrogen-bond donors (Lipinski definition) is 2. The Labute approximate surface area is 106 Å². The van der Waals surface area contributed by atoms with Crippen LogP contribution in [0.1, 0.15) is 25.8 Å². The molecule has 0 radical (unpaired) electrons. The van der Waals surface area contributed by atoms with E-state index < -0.39 is 0 Å². The Balaban J connectivity index is 2.52. The summed E-state index contributed by atoms with van der Waals surface area (Å²) < 4.78 is 0. The highest BCUT2D eigenvalue weighted by Crippen LogP contribution is 2.19. The summed E-state index contributed by atoms with van der Waals surface area (Å²) in [5.74, 6) is 0.731. The van der Waals surface area contributed by atoms with Crippen LogP contribution in [-0.2, 0) is 11.2 Å². The van der Waals surface area contributed by atoms with Gasteiger partial charge >= 0.3 is 0 Å². The fourth-order valence-electron chi connectivity index (χ4n) is 1.44. The molecule has 1 heterocycles. The van der Waals surface area contributed by atoms with Crippen LogP contribution in [-0.4, -0.2) is 29.0 Å². The molecule has 0 aliphatic rings. The summed E-state index contributed by atoms with van der Waals surface area (Å²) in [5.41, 5.74) is 0.880. The van der Waals surface area contributed by atoms with E-state index in [4.69, 9.17) is 11.6 Å². The van der Waals surface area contributed by atoms with Crippen molar-refractivity contribution in [3.8, 4) is 0 Å². The van der Waals surface area contributed by atoms with Gasteiger partial charge in [0.2, 0.25) is 5.91 Å². The van der Waals surface area contributed by atoms with Crippen molar-refractivity contribution in [2.45, 2.75) is 26.7 Å². The molecule has 0 atom stereocenters. The summed E-state index contributed by atoms with van der Waals surface area (Å²) in [5, 5.41) is 6.29. The predicted molar refractivity (Wildman–Crippen MR) is 68.2 cm³/mol. The maximum absolute atomic E-state index is 11.2. The van der Waals surface area contributed by atoms with Crippen molar-refractivity contribution in [3.05, 3.63) is 17.0 Å². The first-order valence-corrected chi connectivity index (χ1v) is 6.06. The van der Waals surface area contributed by atoms with E-state index in [-0.39, 0.29) is 5.91 Å². The lowest BCUT2D eigenvalue weighted by molar-refractivity contribution is -0.120. The van der Waals surface area contributed by atoms with Crippen LogP contribution in [0.15, 0.2) is 6.33 Å². The third-order valence-electron chi connectivity index (χ3n) is 2.26. The van der Waals surface area contributed by atoms with E-state index in [0.29, 0.717) is 30.5 Å². The number of amides is 1. The van der Waals surface area contributed by atoms with Crippen LogP contribution in [0.25, 0.3) is 0 Å². The summed E-state index contributed by atoms with van der Waals surface area (Å²) in [7, 11) is 0. The summed E-state index contributed by atoms with van der Waals surface area (Å²) in [6.45, 7) is 5.06. The molecule has 94 valence electrons. The van der Waals surface area contributed by atoms with E-state index >= 15 is 0 Å². The van der Waals surface area contributed by atoms with Gasteiger partial charge in [-0.2, -0.15) is 0 Å². The van der Waals surface area contributed by atoms with Gasteiger partial charge in [-0.1, -0.05) is 18.5 Å². The van der Waals surface area contributed by atoms with Crippen LogP contribution < -0.4 is 10.6 Å². The van der Waals surface area contributed by atoms with Gasteiger partial charge < -0.3 is 10.6 Å². The molecule has 6 heteroatoms. The third-order valence-corrected chi connectivity index (χ3v) is 2.59. The summed E-state index contributed by atoms with van der Waals surface area (Å²) in [4.78, 5) is 19.3. The Morgan fingerprint density at radius 3 is 2.82 bits per heavy atom. The minimum atomic E-state index is 0.0261. The zero-order valence-corrected chi connectivity index (χ0v) is 10.8. The Hall–Kier alpha value is -1.36. The van der Waals surface area contributed by atoms with Crippen LogP contribution >= 0.6 is 11.6 Å². The average molecular weight is 257 g/mol. The molecule has 0 aliphatic carbocycles. The van der Waals surface area contributed by atoms with E-state index in [1.165, 1.54) is 6.33 Å². The predicted octanol–water partition coefficient (Wildman–Crippen LogP) is 1.63. The number of rotatable bonds is 6. The average Bonchev–Trinajstić information content (AvgIpc) is 2.29. The highest BCUT2D eigenvalue weighted by atomic mass is 35.5. The minimum absolute atomic E-state index is 0.0261. The van der Waals surface area contributed by atoms with Gasteiger partial charge in [-0.15, -0.1) is 0 Å². The second-order valence-electron chi connectivity index (χ2n) is 3.48. The van der Waals surface area contributed by atoms with Gasteiger partial charge in [0.15, 0.2) is 0 Å². The molecule has 0 spiro atoms. The van der Waals surface area contributed by atoms with Gasteiger partial charge in [0.1, 0.15) is 17.3 Å². The summed E-state index contributed by atoms with van der Waals surface area (Å²) >= 11 is 5.95. The van der Waals surface area contributed by atoms with Crippen molar-refractivity contribution in [2.75, 3.05) is 18.4 Å². The molecule has 17 heavy (non-hydrogen) atoms. The van der Waals surface area contributed by atoms with Crippen LogP contribution in [0.2, 0.25) is 5.15 Å². The molecular weight excluding hydrogens is 240 g/mol. The molecule has 0 fully saturated rings. The van der Waals surface area contributed by atoms with Gasteiger partial charge in [0.05, 0.1) is 0 Å². The van der Waals surface area contributed by atoms with Gasteiger partial charge in [-0.3, -0.25) is 4.79 Å². The van der Waals surface area contributed by atoms with Crippen molar-refractivity contribution >= 4 is 23.3 Å². The number of carbonyl (C=O) groups is 1. The van der Waals surface area contributed by atoms with Gasteiger partial charge in [-0.05, 0) is 13.3 Å². The molecule has 1 aromatic heterocycles.